The Morgan fingerprint density at radius 3 is 2.56 bits per heavy atom. The smallest absolute Gasteiger partial charge is 0.407 e. The van der Waals surface area contributed by atoms with Gasteiger partial charge in [0.15, 0.2) is 5.41 Å². The molecule has 0 aromatic heterocycles. The third kappa shape index (κ3) is 3.47. The molecule has 2 N–H and O–H groups in total. The number of rotatable bonds is 5. The molecule has 0 spiro atoms. The largest absolute Gasteiger partial charge is 0.468 e. The van der Waals surface area contributed by atoms with Gasteiger partial charge in [0.25, 0.3) is 0 Å². The second-order valence-electron chi connectivity index (χ2n) is 7.64. The molecule has 1 aliphatic heterocycles. The van der Waals surface area contributed by atoms with E-state index in [1.807, 2.05) is 6.08 Å². The molecule has 1 saturated heterocycles. The number of fused-ring (bicyclic) bond motifs is 1. The average Bonchev–Trinajstić information content (AvgIpc) is 3.06. The van der Waals surface area contributed by atoms with Crippen molar-refractivity contribution >= 4 is 12.1 Å². The van der Waals surface area contributed by atoms with Gasteiger partial charge < -0.3 is 19.6 Å². The highest BCUT2D eigenvalue weighted by Crippen LogP contribution is 2.50. The van der Waals surface area contributed by atoms with Crippen molar-refractivity contribution in [3.63, 3.8) is 0 Å². The Bertz CT molecular complexity index is 550. The lowest BCUT2D eigenvalue weighted by Crippen LogP contribution is -2.59. The van der Waals surface area contributed by atoms with Crippen LogP contribution in [0.3, 0.4) is 0 Å². The minimum atomic E-state index is -1.07. The van der Waals surface area contributed by atoms with Crippen LogP contribution in [0.5, 0.6) is 0 Å². The van der Waals surface area contributed by atoms with Gasteiger partial charge in [-0.25, -0.2) is 4.79 Å². The van der Waals surface area contributed by atoms with Crippen LogP contribution in [0, 0.1) is 11.3 Å². The van der Waals surface area contributed by atoms with E-state index in [2.05, 4.69) is 24.6 Å². The van der Waals surface area contributed by atoms with E-state index in [1.54, 1.807) is 20.8 Å². The molecule has 0 saturated carbocycles. The minimum absolute atomic E-state index is 0.200. The van der Waals surface area contributed by atoms with Gasteiger partial charge in [0, 0.05) is 0 Å². The fourth-order valence-corrected chi connectivity index (χ4v) is 3.86. The maximum absolute atomic E-state index is 12.9. The first kappa shape index (κ1) is 19.6. The Labute approximate surface area is 149 Å². The second kappa shape index (κ2) is 7.23. The maximum Gasteiger partial charge on any atom is 0.407 e. The Balaban J connectivity index is 2.34. The quantitative estimate of drug-likeness (QED) is 0.738. The van der Waals surface area contributed by atoms with Gasteiger partial charge in [-0.15, -0.1) is 0 Å². The summed E-state index contributed by atoms with van der Waals surface area (Å²) in [6.45, 7) is 9.55. The average molecular weight is 354 g/mol. The van der Waals surface area contributed by atoms with Gasteiger partial charge in [0.05, 0.1) is 19.2 Å². The van der Waals surface area contributed by atoms with Crippen LogP contribution in [0.4, 0.5) is 4.79 Å². The maximum atomic E-state index is 12.9. The number of ether oxygens (including phenoxy) is 2. The number of amides is 1. The van der Waals surface area contributed by atoms with Gasteiger partial charge in [-0.3, -0.25) is 4.79 Å². The van der Waals surface area contributed by atoms with Crippen LogP contribution in [0.2, 0.25) is 0 Å². The summed E-state index contributed by atoms with van der Waals surface area (Å²) in [5, 5.41) is 2.86. The fraction of sp³-hybridized carbons (Fsp3) is 0.778. The zero-order chi connectivity index (χ0) is 18.8. The minimum Gasteiger partial charge on any atom is -0.468 e. The molecule has 3 atom stereocenters. The third-order valence-electron chi connectivity index (χ3n) is 5.02. The molecule has 1 amide bonds. The molecule has 1 fully saturated rings. The van der Waals surface area contributed by atoms with Gasteiger partial charge in [-0.05, 0) is 39.2 Å². The predicted molar refractivity (Wildman–Crippen MR) is 92.4 cm³/mol. The van der Waals surface area contributed by atoms with Crippen molar-refractivity contribution in [2.24, 2.45) is 11.3 Å². The summed E-state index contributed by atoms with van der Waals surface area (Å²) in [5.74, 6) is 0.322. The van der Waals surface area contributed by atoms with Gasteiger partial charge in [0.2, 0.25) is 0 Å². The molecule has 2 rings (SSSR count). The highest BCUT2D eigenvalue weighted by molar-refractivity contribution is 5.85. The number of nitrogens with one attached hydrogen (secondary N) is 2. The number of methoxy groups -OCH3 is 1. The van der Waals surface area contributed by atoms with Crippen LogP contribution < -0.4 is 10.8 Å². The normalized spacial score (nSPS) is 28.2. The molecule has 2 aliphatic rings. The Morgan fingerprint density at radius 2 is 2.04 bits per heavy atom. The van der Waals surface area contributed by atoms with Crippen molar-refractivity contribution in [1.29, 1.82) is 0 Å². The van der Waals surface area contributed by atoms with Crippen LogP contribution >= 0.6 is 0 Å². The van der Waals surface area contributed by atoms with Crippen molar-refractivity contribution in [2.75, 3.05) is 7.11 Å². The molecule has 7 heteroatoms. The van der Waals surface area contributed by atoms with Gasteiger partial charge >= 0.3 is 12.1 Å². The number of esters is 1. The number of carbonyl (C=O) groups excluding carboxylic acids is 2. The number of alkyl carbamates (subject to hydrolysis) is 1. The molecule has 1 aliphatic carbocycles. The summed E-state index contributed by atoms with van der Waals surface area (Å²) < 4.78 is 10.5. The zero-order valence-corrected chi connectivity index (χ0v) is 16.0. The summed E-state index contributed by atoms with van der Waals surface area (Å²) in [6.07, 6.45) is 3.53. The first-order valence-corrected chi connectivity index (χ1v) is 8.91. The Morgan fingerprint density at radius 1 is 1.40 bits per heavy atom. The fourth-order valence-electron chi connectivity index (χ4n) is 3.86. The van der Waals surface area contributed by atoms with Crippen molar-refractivity contribution < 1.29 is 23.9 Å². The van der Waals surface area contributed by atoms with Crippen LogP contribution in [0.15, 0.2) is 11.8 Å². The SMILES string of the molecule is CCC(CC)C1NOC2=CCC(NC(=O)OC(C)(C)C)C21C(=O)OC. The summed E-state index contributed by atoms with van der Waals surface area (Å²) in [6, 6.07) is -0.756. The van der Waals surface area contributed by atoms with Crippen LogP contribution in [0.1, 0.15) is 53.9 Å². The standard InChI is InChI=1S/C18H30N2O5/c1-7-11(8-2)14-18(15(21)23-6)12(9-10-13(18)25-20-14)19-16(22)24-17(3,4)5/h10-12,14,20H,7-9H2,1-6H3,(H,19,22). The van der Waals surface area contributed by atoms with Crippen molar-refractivity contribution in [3.05, 3.63) is 11.8 Å². The van der Waals surface area contributed by atoms with E-state index in [4.69, 9.17) is 14.3 Å². The predicted octanol–water partition coefficient (Wildman–Crippen LogP) is 2.67. The molecule has 1 heterocycles. The van der Waals surface area contributed by atoms with E-state index in [0.717, 1.165) is 12.8 Å². The first-order valence-electron chi connectivity index (χ1n) is 8.91. The molecule has 0 bridgehead atoms. The third-order valence-corrected chi connectivity index (χ3v) is 5.02. The van der Waals surface area contributed by atoms with E-state index in [1.165, 1.54) is 7.11 Å². The van der Waals surface area contributed by atoms with Crippen molar-refractivity contribution in [3.8, 4) is 0 Å². The zero-order valence-electron chi connectivity index (χ0n) is 16.0. The lowest BCUT2D eigenvalue weighted by Gasteiger charge is -2.37. The molecule has 0 aromatic rings. The molecule has 142 valence electrons. The first-order chi connectivity index (χ1) is 11.7. The van der Waals surface area contributed by atoms with Gasteiger partial charge in [-0.2, -0.15) is 5.48 Å². The van der Waals surface area contributed by atoms with Crippen LogP contribution in [0.25, 0.3) is 0 Å². The molecular weight excluding hydrogens is 324 g/mol. The Kier molecular flexibility index (Phi) is 5.66. The summed E-state index contributed by atoms with van der Waals surface area (Å²) in [5.41, 5.74) is 1.33. The number of hydrogen-bond donors (Lipinski definition) is 2. The molecule has 25 heavy (non-hydrogen) atoms. The molecule has 0 radical (unpaired) electrons. The number of carbonyl (C=O) groups is 2. The summed E-state index contributed by atoms with van der Waals surface area (Å²) in [4.78, 5) is 30.8. The topological polar surface area (TPSA) is 85.9 Å². The Hall–Kier alpha value is -1.76. The van der Waals surface area contributed by atoms with Gasteiger partial charge in [0.1, 0.15) is 11.4 Å². The highest BCUT2D eigenvalue weighted by Gasteiger charge is 2.65. The lowest BCUT2D eigenvalue weighted by molar-refractivity contribution is -0.153. The monoisotopic (exact) mass is 354 g/mol. The van der Waals surface area contributed by atoms with E-state index < -0.39 is 29.1 Å². The van der Waals surface area contributed by atoms with Crippen LogP contribution in [-0.4, -0.2) is 36.9 Å². The molecule has 0 aromatic carbocycles. The number of hydroxylamine groups is 1. The molecule has 3 unspecified atom stereocenters. The number of hydrogen-bond acceptors (Lipinski definition) is 6. The molecule has 7 nitrogen and oxygen atoms in total. The summed E-state index contributed by atoms with van der Waals surface area (Å²) in [7, 11) is 1.36. The summed E-state index contributed by atoms with van der Waals surface area (Å²) >= 11 is 0. The van der Waals surface area contributed by atoms with E-state index in [0.29, 0.717) is 12.2 Å². The van der Waals surface area contributed by atoms with E-state index in [9.17, 15) is 9.59 Å². The highest BCUT2D eigenvalue weighted by atomic mass is 16.7. The second-order valence-corrected chi connectivity index (χ2v) is 7.64. The van der Waals surface area contributed by atoms with E-state index in [-0.39, 0.29) is 12.0 Å². The molecular formula is C18H30N2O5. The lowest BCUT2D eigenvalue weighted by atomic mass is 9.69. The van der Waals surface area contributed by atoms with Crippen molar-refractivity contribution in [1.82, 2.24) is 10.8 Å². The van der Waals surface area contributed by atoms with E-state index >= 15 is 0 Å². The van der Waals surface area contributed by atoms with Gasteiger partial charge in [-0.1, -0.05) is 26.7 Å². The van der Waals surface area contributed by atoms with Crippen LogP contribution in [-0.2, 0) is 19.1 Å². The van der Waals surface area contributed by atoms with Crippen molar-refractivity contribution in [2.45, 2.75) is 71.6 Å².